The van der Waals surface area contributed by atoms with E-state index in [1.807, 2.05) is 17.0 Å². The number of carbonyl (C=O) groups excluding carboxylic acids is 1. The van der Waals surface area contributed by atoms with Gasteiger partial charge in [-0.05, 0) is 49.4 Å². The Balaban J connectivity index is 1.65. The van der Waals surface area contributed by atoms with Crippen molar-refractivity contribution in [3.63, 3.8) is 0 Å². The van der Waals surface area contributed by atoms with Crippen molar-refractivity contribution in [2.45, 2.75) is 31.8 Å². The highest BCUT2D eigenvalue weighted by Crippen LogP contribution is 2.30. The monoisotopic (exact) mass is 318 g/mol. The molecule has 23 heavy (non-hydrogen) atoms. The SMILES string of the molecule is COc1ccc2c(c1)CCCN2C(=O)CN1CCC(OC)CC1. The van der Waals surface area contributed by atoms with Crippen LogP contribution in [0.2, 0.25) is 0 Å². The number of nitrogens with zero attached hydrogens (tertiary/aromatic N) is 2. The Bertz CT molecular complexity index is 553. The molecule has 2 aliphatic rings. The van der Waals surface area contributed by atoms with E-state index >= 15 is 0 Å². The Hall–Kier alpha value is -1.59. The van der Waals surface area contributed by atoms with Gasteiger partial charge in [0, 0.05) is 32.4 Å². The fourth-order valence-corrected chi connectivity index (χ4v) is 3.54. The van der Waals surface area contributed by atoms with E-state index in [1.54, 1.807) is 14.2 Å². The van der Waals surface area contributed by atoms with E-state index in [0.717, 1.165) is 56.8 Å². The van der Waals surface area contributed by atoms with Crippen LogP contribution in [0.5, 0.6) is 5.75 Å². The van der Waals surface area contributed by atoms with Crippen molar-refractivity contribution >= 4 is 11.6 Å². The van der Waals surface area contributed by atoms with Gasteiger partial charge in [-0.15, -0.1) is 0 Å². The topological polar surface area (TPSA) is 42.0 Å². The Kier molecular flexibility index (Phi) is 5.18. The van der Waals surface area contributed by atoms with E-state index in [2.05, 4.69) is 11.0 Å². The van der Waals surface area contributed by atoms with Gasteiger partial charge < -0.3 is 14.4 Å². The number of hydrogen-bond donors (Lipinski definition) is 0. The van der Waals surface area contributed by atoms with Gasteiger partial charge in [0.05, 0.1) is 19.8 Å². The number of aryl methyl sites for hydroxylation is 1. The zero-order valence-electron chi connectivity index (χ0n) is 14.1. The first-order valence-corrected chi connectivity index (χ1v) is 8.43. The van der Waals surface area contributed by atoms with Gasteiger partial charge in [0.15, 0.2) is 0 Å². The number of anilines is 1. The first kappa shape index (κ1) is 16.3. The molecule has 126 valence electrons. The van der Waals surface area contributed by atoms with E-state index in [0.29, 0.717) is 12.6 Å². The highest BCUT2D eigenvalue weighted by molar-refractivity contribution is 5.96. The quantitative estimate of drug-likeness (QED) is 0.852. The van der Waals surface area contributed by atoms with Gasteiger partial charge in [-0.1, -0.05) is 0 Å². The summed E-state index contributed by atoms with van der Waals surface area (Å²) in [6.45, 7) is 3.19. The van der Waals surface area contributed by atoms with E-state index in [1.165, 1.54) is 5.56 Å². The number of carbonyl (C=O) groups is 1. The van der Waals surface area contributed by atoms with Crippen LogP contribution in [0.1, 0.15) is 24.8 Å². The second kappa shape index (κ2) is 7.32. The van der Waals surface area contributed by atoms with E-state index in [9.17, 15) is 4.79 Å². The summed E-state index contributed by atoms with van der Waals surface area (Å²) < 4.78 is 10.7. The number of rotatable bonds is 4. The number of benzene rings is 1. The summed E-state index contributed by atoms with van der Waals surface area (Å²) >= 11 is 0. The largest absolute Gasteiger partial charge is 0.497 e. The van der Waals surface area contributed by atoms with Gasteiger partial charge in [0.2, 0.25) is 5.91 Å². The average Bonchev–Trinajstić information content (AvgIpc) is 2.61. The van der Waals surface area contributed by atoms with Crippen LogP contribution in [0, 0.1) is 0 Å². The highest BCUT2D eigenvalue weighted by Gasteiger charge is 2.26. The molecule has 0 aliphatic carbocycles. The molecular formula is C18H26N2O3. The minimum Gasteiger partial charge on any atom is -0.497 e. The van der Waals surface area contributed by atoms with Crippen molar-refractivity contribution in [3.8, 4) is 5.75 Å². The second-order valence-corrected chi connectivity index (χ2v) is 6.35. The molecule has 3 rings (SSSR count). The lowest BCUT2D eigenvalue weighted by molar-refractivity contribution is -0.120. The second-order valence-electron chi connectivity index (χ2n) is 6.35. The molecule has 1 aromatic carbocycles. The van der Waals surface area contributed by atoms with E-state index in [-0.39, 0.29) is 5.91 Å². The Morgan fingerprint density at radius 1 is 1.22 bits per heavy atom. The number of methoxy groups -OCH3 is 2. The van der Waals surface area contributed by atoms with Crippen molar-refractivity contribution in [2.75, 3.05) is 45.3 Å². The van der Waals surface area contributed by atoms with Gasteiger partial charge in [0.1, 0.15) is 5.75 Å². The van der Waals surface area contributed by atoms with Crippen molar-refractivity contribution in [3.05, 3.63) is 23.8 Å². The summed E-state index contributed by atoms with van der Waals surface area (Å²) in [5, 5.41) is 0. The molecule has 1 aromatic rings. The summed E-state index contributed by atoms with van der Waals surface area (Å²) in [7, 11) is 3.45. The Labute approximate surface area is 138 Å². The molecule has 1 saturated heterocycles. The van der Waals surface area contributed by atoms with Crippen LogP contribution >= 0.6 is 0 Å². The van der Waals surface area contributed by atoms with Crippen molar-refractivity contribution in [2.24, 2.45) is 0 Å². The maximum atomic E-state index is 12.8. The van der Waals surface area contributed by atoms with E-state index in [4.69, 9.17) is 9.47 Å². The van der Waals surface area contributed by atoms with Crippen LogP contribution in [0.3, 0.4) is 0 Å². The number of fused-ring (bicyclic) bond motifs is 1. The minimum atomic E-state index is 0.201. The smallest absolute Gasteiger partial charge is 0.241 e. The third kappa shape index (κ3) is 3.67. The molecular weight excluding hydrogens is 292 g/mol. The summed E-state index contributed by atoms with van der Waals surface area (Å²) in [6.07, 6.45) is 4.40. The van der Waals surface area contributed by atoms with Crippen molar-refractivity contribution < 1.29 is 14.3 Å². The normalized spacial score (nSPS) is 19.5. The highest BCUT2D eigenvalue weighted by atomic mass is 16.5. The third-order valence-electron chi connectivity index (χ3n) is 4.93. The lowest BCUT2D eigenvalue weighted by atomic mass is 10.0. The van der Waals surface area contributed by atoms with Gasteiger partial charge in [-0.3, -0.25) is 9.69 Å². The van der Waals surface area contributed by atoms with Crippen molar-refractivity contribution in [1.29, 1.82) is 0 Å². The molecule has 0 saturated carbocycles. The molecule has 2 heterocycles. The van der Waals surface area contributed by atoms with Crippen LogP contribution in [0.25, 0.3) is 0 Å². The zero-order chi connectivity index (χ0) is 16.2. The summed E-state index contributed by atoms with van der Waals surface area (Å²) in [5.41, 5.74) is 2.26. The molecule has 0 spiro atoms. The van der Waals surface area contributed by atoms with Gasteiger partial charge in [0.25, 0.3) is 0 Å². The maximum absolute atomic E-state index is 12.8. The lowest BCUT2D eigenvalue weighted by Gasteiger charge is -2.34. The molecule has 0 radical (unpaired) electrons. The third-order valence-corrected chi connectivity index (χ3v) is 4.93. The zero-order valence-corrected chi connectivity index (χ0v) is 14.1. The minimum absolute atomic E-state index is 0.201. The molecule has 0 N–H and O–H groups in total. The van der Waals surface area contributed by atoms with Crippen LogP contribution in [0.15, 0.2) is 18.2 Å². The first-order valence-electron chi connectivity index (χ1n) is 8.43. The fourth-order valence-electron chi connectivity index (χ4n) is 3.54. The molecule has 0 unspecified atom stereocenters. The predicted molar refractivity (Wildman–Crippen MR) is 90.1 cm³/mol. The Morgan fingerprint density at radius 3 is 2.70 bits per heavy atom. The number of likely N-dealkylation sites (tertiary alicyclic amines) is 1. The molecule has 2 aliphatic heterocycles. The molecule has 5 heteroatoms. The first-order chi connectivity index (χ1) is 11.2. The maximum Gasteiger partial charge on any atom is 0.241 e. The van der Waals surface area contributed by atoms with Gasteiger partial charge >= 0.3 is 0 Å². The summed E-state index contributed by atoms with van der Waals surface area (Å²) in [6, 6.07) is 6.01. The summed E-state index contributed by atoms with van der Waals surface area (Å²) in [5.74, 6) is 1.06. The van der Waals surface area contributed by atoms with Crippen LogP contribution in [-0.4, -0.2) is 57.3 Å². The van der Waals surface area contributed by atoms with Gasteiger partial charge in [-0.25, -0.2) is 0 Å². The van der Waals surface area contributed by atoms with Crippen LogP contribution in [0.4, 0.5) is 5.69 Å². The fraction of sp³-hybridized carbons (Fsp3) is 0.611. The van der Waals surface area contributed by atoms with Crippen LogP contribution in [-0.2, 0) is 16.0 Å². The van der Waals surface area contributed by atoms with E-state index < -0.39 is 0 Å². The number of hydrogen-bond acceptors (Lipinski definition) is 4. The molecule has 1 fully saturated rings. The van der Waals surface area contributed by atoms with Crippen molar-refractivity contribution in [1.82, 2.24) is 4.90 Å². The predicted octanol–water partition coefficient (Wildman–Crippen LogP) is 2.09. The summed E-state index contributed by atoms with van der Waals surface area (Å²) in [4.78, 5) is 16.9. The average molecular weight is 318 g/mol. The molecule has 5 nitrogen and oxygen atoms in total. The number of piperidine rings is 1. The van der Waals surface area contributed by atoms with Crippen LogP contribution < -0.4 is 9.64 Å². The molecule has 1 amide bonds. The van der Waals surface area contributed by atoms with Gasteiger partial charge in [-0.2, -0.15) is 0 Å². The number of amides is 1. The molecule has 0 atom stereocenters. The number of ether oxygens (including phenoxy) is 2. The Morgan fingerprint density at radius 2 is 2.00 bits per heavy atom. The molecule has 0 aromatic heterocycles. The molecule has 0 bridgehead atoms. The lowest BCUT2D eigenvalue weighted by Crippen LogP contribution is -2.46. The standard InChI is InChI=1S/C18H26N2O3/c1-22-15-7-10-19(11-8-15)13-18(21)20-9-3-4-14-12-16(23-2)5-6-17(14)20/h5-6,12,15H,3-4,7-11,13H2,1-2H3.